The molecule has 1 aliphatic rings. The molecule has 2 nitrogen and oxygen atoms in total. The zero-order valence-corrected chi connectivity index (χ0v) is 12.0. The zero-order chi connectivity index (χ0) is 12.8. The third-order valence-electron chi connectivity index (χ3n) is 4.31. The molecule has 1 rings (SSSR count). The minimum Gasteiger partial charge on any atom is -0.306 e. The van der Waals surface area contributed by atoms with E-state index >= 15 is 0 Å². The van der Waals surface area contributed by atoms with Crippen molar-refractivity contribution in [1.82, 2.24) is 4.90 Å². The number of ketones is 1. The first-order chi connectivity index (χ1) is 8.02. The first kappa shape index (κ1) is 14.7. The van der Waals surface area contributed by atoms with Gasteiger partial charge in [-0.15, -0.1) is 0 Å². The number of hydrogen-bond acceptors (Lipinski definition) is 2. The van der Waals surface area contributed by atoms with Gasteiger partial charge in [-0.2, -0.15) is 0 Å². The molecular weight excluding hydrogens is 210 g/mol. The average molecular weight is 239 g/mol. The summed E-state index contributed by atoms with van der Waals surface area (Å²) < 4.78 is 0. The minimum atomic E-state index is 0.500. The van der Waals surface area contributed by atoms with E-state index in [2.05, 4.69) is 32.7 Å². The van der Waals surface area contributed by atoms with Crippen LogP contribution in [0, 0.1) is 17.8 Å². The molecule has 0 radical (unpaired) electrons. The van der Waals surface area contributed by atoms with E-state index in [1.807, 2.05) is 0 Å². The molecule has 100 valence electrons. The van der Waals surface area contributed by atoms with Crippen LogP contribution in [-0.2, 0) is 4.79 Å². The second kappa shape index (κ2) is 7.15. The zero-order valence-electron chi connectivity index (χ0n) is 12.0. The van der Waals surface area contributed by atoms with E-state index in [1.54, 1.807) is 0 Å². The summed E-state index contributed by atoms with van der Waals surface area (Å²) in [6.07, 6.45) is 5.19. The lowest BCUT2D eigenvalue weighted by atomic mass is 9.84. The van der Waals surface area contributed by atoms with Gasteiger partial charge in [0.1, 0.15) is 5.78 Å². The van der Waals surface area contributed by atoms with Crippen LogP contribution in [0.4, 0.5) is 0 Å². The molecule has 0 aromatic heterocycles. The molecule has 1 atom stereocenters. The van der Waals surface area contributed by atoms with E-state index in [1.165, 1.54) is 25.9 Å². The van der Waals surface area contributed by atoms with Crippen LogP contribution in [-0.4, -0.2) is 30.8 Å². The maximum atomic E-state index is 12.1. The standard InChI is InChI=1S/C15H29NO/c1-5-14(12(2)3)11-15(17)10-13-6-8-16(4)9-7-13/h12-14H,5-11H2,1-4H3. The topological polar surface area (TPSA) is 20.3 Å². The molecule has 1 aliphatic heterocycles. The predicted octanol–water partition coefficient (Wildman–Crippen LogP) is 3.36. The maximum absolute atomic E-state index is 12.1. The van der Waals surface area contributed by atoms with E-state index in [0.717, 1.165) is 19.3 Å². The van der Waals surface area contributed by atoms with Gasteiger partial charge in [-0.25, -0.2) is 0 Å². The van der Waals surface area contributed by atoms with Crippen molar-refractivity contribution >= 4 is 5.78 Å². The molecule has 1 heterocycles. The summed E-state index contributed by atoms with van der Waals surface area (Å²) in [5.74, 6) is 2.39. The van der Waals surface area contributed by atoms with Crippen molar-refractivity contribution in [2.24, 2.45) is 17.8 Å². The van der Waals surface area contributed by atoms with E-state index in [4.69, 9.17) is 0 Å². The largest absolute Gasteiger partial charge is 0.306 e. The van der Waals surface area contributed by atoms with Gasteiger partial charge in [-0.05, 0) is 50.7 Å². The fourth-order valence-electron chi connectivity index (χ4n) is 2.82. The van der Waals surface area contributed by atoms with Crippen LogP contribution >= 0.6 is 0 Å². The summed E-state index contributed by atoms with van der Waals surface area (Å²) in [4.78, 5) is 14.4. The fraction of sp³-hybridized carbons (Fsp3) is 0.933. The minimum absolute atomic E-state index is 0.500. The third-order valence-corrected chi connectivity index (χ3v) is 4.31. The number of Topliss-reactive ketones (excluding diaryl/α,β-unsaturated/α-hetero) is 1. The van der Waals surface area contributed by atoms with E-state index in [0.29, 0.717) is 23.5 Å². The molecule has 0 bridgehead atoms. The molecule has 0 saturated carbocycles. The van der Waals surface area contributed by atoms with Crippen molar-refractivity contribution in [2.45, 2.75) is 52.9 Å². The van der Waals surface area contributed by atoms with Crippen molar-refractivity contribution in [3.63, 3.8) is 0 Å². The van der Waals surface area contributed by atoms with Gasteiger partial charge in [0.25, 0.3) is 0 Å². The van der Waals surface area contributed by atoms with Crippen LogP contribution in [0.25, 0.3) is 0 Å². The Morgan fingerprint density at radius 1 is 1.29 bits per heavy atom. The number of hydrogen-bond donors (Lipinski definition) is 0. The summed E-state index contributed by atoms with van der Waals surface area (Å²) in [7, 11) is 2.17. The summed E-state index contributed by atoms with van der Waals surface area (Å²) in [6.45, 7) is 9.00. The number of rotatable bonds is 6. The summed E-state index contributed by atoms with van der Waals surface area (Å²) in [6, 6.07) is 0. The summed E-state index contributed by atoms with van der Waals surface area (Å²) in [5, 5.41) is 0. The van der Waals surface area contributed by atoms with Crippen molar-refractivity contribution in [2.75, 3.05) is 20.1 Å². The molecule has 1 saturated heterocycles. The second-order valence-corrected chi connectivity index (χ2v) is 6.11. The molecule has 0 aromatic rings. The highest BCUT2D eigenvalue weighted by Gasteiger charge is 2.21. The van der Waals surface area contributed by atoms with Crippen molar-refractivity contribution < 1.29 is 4.79 Å². The Hall–Kier alpha value is -0.370. The monoisotopic (exact) mass is 239 g/mol. The van der Waals surface area contributed by atoms with Gasteiger partial charge in [-0.1, -0.05) is 27.2 Å². The van der Waals surface area contributed by atoms with E-state index in [-0.39, 0.29) is 0 Å². The Morgan fingerprint density at radius 2 is 1.88 bits per heavy atom. The van der Waals surface area contributed by atoms with Crippen molar-refractivity contribution in [3.8, 4) is 0 Å². The van der Waals surface area contributed by atoms with Gasteiger partial charge in [0.2, 0.25) is 0 Å². The lowest BCUT2D eigenvalue weighted by molar-refractivity contribution is -0.121. The Kier molecular flexibility index (Phi) is 6.18. The van der Waals surface area contributed by atoms with Crippen LogP contribution in [0.5, 0.6) is 0 Å². The van der Waals surface area contributed by atoms with Crippen molar-refractivity contribution in [1.29, 1.82) is 0 Å². The molecule has 0 amide bonds. The van der Waals surface area contributed by atoms with E-state index < -0.39 is 0 Å². The molecule has 0 aromatic carbocycles. The Balaban J connectivity index is 2.29. The van der Waals surface area contributed by atoms with Crippen LogP contribution in [0.3, 0.4) is 0 Å². The molecule has 0 aliphatic carbocycles. The number of piperidine rings is 1. The van der Waals surface area contributed by atoms with Crippen LogP contribution in [0.2, 0.25) is 0 Å². The predicted molar refractivity (Wildman–Crippen MR) is 73.1 cm³/mol. The third kappa shape index (κ3) is 5.20. The van der Waals surface area contributed by atoms with E-state index in [9.17, 15) is 4.79 Å². The highest BCUT2D eigenvalue weighted by Crippen LogP contribution is 2.24. The molecule has 0 spiro atoms. The van der Waals surface area contributed by atoms with Gasteiger partial charge >= 0.3 is 0 Å². The number of likely N-dealkylation sites (tertiary alicyclic amines) is 1. The van der Waals surface area contributed by atoms with Gasteiger partial charge < -0.3 is 4.90 Å². The number of nitrogens with zero attached hydrogens (tertiary/aromatic N) is 1. The molecule has 1 unspecified atom stereocenters. The maximum Gasteiger partial charge on any atom is 0.133 e. The average Bonchev–Trinajstić information content (AvgIpc) is 2.28. The molecule has 17 heavy (non-hydrogen) atoms. The Labute approximate surface area is 107 Å². The lowest BCUT2D eigenvalue weighted by Crippen LogP contribution is -2.31. The first-order valence-corrected chi connectivity index (χ1v) is 7.23. The summed E-state index contributed by atoms with van der Waals surface area (Å²) in [5.41, 5.74) is 0. The lowest BCUT2D eigenvalue weighted by Gasteiger charge is -2.29. The Bertz CT molecular complexity index is 229. The second-order valence-electron chi connectivity index (χ2n) is 6.11. The Morgan fingerprint density at radius 3 is 2.35 bits per heavy atom. The van der Waals surface area contributed by atoms with Crippen LogP contribution < -0.4 is 0 Å². The van der Waals surface area contributed by atoms with Gasteiger partial charge in [0.05, 0.1) is 0 Å². The van der Waals surface area contributed by atoms with Gasteiger partial charge in [0, 0.05) is 12.8 Å². The van der Waals surface area contributed by atoms with Crippen LogP contribution in [0.1, 0.15) is 52.9 Å². The summed E-state index contributed by atoms with van der Waals surface area (Å²) >= 11 is 0. The highest BCUT2D eigenvalue weighted by atomic mass is 16.1. The first-order valence-electron chi connectivity index (χ1n) is 7.23. The SMILES string of the molecule is CCC(CC(=O)CC1CCN(C)CC1)C(C)C. The van der Waals surface area contributed by atoms with Crippen LogP contribution in [0.15, 0.2) is 0 Å². The molecular formula is C15H29NO. The molecule has 2 heteroatoms. The number of carbonyl (C=O) groups excluding carboxylic acids is 1. The highest BCUT2D eigenvalue weighted by molar-refractivity contribution is 5.78. The van der Waals surface area contributed by atoms with Gasteiger partial charge in [-0.3, -0.25) is 4.79 Å². The molecule has 1 fully saturated rings. The fourth-order valence-corrected chi connectivity index (χ4v) is 2.82. The molecule has 0 N–H and O–H groups in total. The number of carbonyl (C=O) groups is 1. The quantitative estimate of drug-likeness (QED) is 0.708. The normalized spacial score (nSPS) is 20.8. The van der Waals surface area contributed by atoms with Crippen molar-refractivity contribution in [3.05, 3.63) is 0 Å². The smallest absolute Gasteiger partial charge is 0.133 e. The van der Waals surface area contributed by atoms with Gasteiger partial charge in [0.15, 0.2) is 0 Å².